The van der Waals surface area contributed by atoms with Gasteiger partial charge in [0, 0.05) is 37.6 Å². The Balaban J connectivity index is 1.11. The molecule has 256 valence electrons. The third-order valence-corrected chi connectivity index (χ3v) is 11.7. The minimum atomic E-state index is 0.185. The fourth-order valence-electron chi connectivity index (χ4n) is 7.82. The Labute approximate surface area is 316 Å². The third kappa shape index (κ3) is 6.77. The molecule has 0 fully saturated rings. The molecule has 0 radical (unpaired) electrons. The number of fused-ring (bicyclic) bond motifs is 3. The van der Waals surface area contributed by atoms with Crippen molar-refractivity contribution in [2.75, 3.05) is 0 Å². The van der Waals surface area contributed by atoms with Gasteiger partial charge in [-0.15, -0.1) is 11.3 Å². The van der Waals surface area contributed by atoms with Gasteiger partial charge in [0.05, 0.1) is 11.4 Å². The summed E-state index contributed by atoms with van der Waals surface area (Å²) < 4.78 is 2.53. The van der Waals surface area contributed by atoms with Crippen LogP contribution >= 0.6 is 11.3 Å². The topological polar surface area (TPSA) is 24.7 Å². The minimum Gasteiger partial charge on any atom is -0.232 e. The van der Waals surface area contributed by atoms with Crippen molar-refractivity contribution >= 4 is 43.1 Å². The highest BCUT2D eigenvalue weighted by Gasteiger charge is 2.23. The Morgan fingerprint density at radius 3 is 2.28 bits per heavy atom. The predicted octanol–water partition coefficient (Wildman–Crippen LogP) is 13.1. The van der Waals surface area contributed by atoms with E-state index in [9.17, 15) is 0 Å². The SMILES string of the molecule is C=C1C=C(C2C=CC=CC2)N=C(c2cccc3sc4cc(CC(c5ccccc5)c5ccc(-c6ccccc6)cc5)ccc4c23)N=C1C1=CCCC=C1. The molecule has 2 aliphatic carbocycles. The molecule has 0 amide bonds. The lowest BCUT2D eigenvalue weighted by atomic mass is 9.85. The van der Waals surface area contributed by atoms with Crippen LogP contribution in [0.15, 0.2) is 203 Å². The van der Waals surface area contributed by atoms with Gasteiger partial charge in [0.1, 0.15) is 0 Å². The molecular formula is C50H40N2S. The van der Waals surface area contributed by atoms with Gasteiger partial charge < -0.3 is 0 Å². The van der Waals surface area contributed by atoms with E-state index in [0.29, 0.717) is 0 Å². The highest BCUT2D eigenvalue weighted by molar-refractivity contribution is 7.25. The van der Waals surface area contributed by atoms with Crippen LogP contribution in [-0.2, 0) is 6.42 Å². The van der Waals surface area contributed by atoms with Crippen LogP contribution in [0.1, 0.15) is 47.4 Å². The number of allylic oxidation sites excluding steroid dienone is 10. The summed E-state index contributed by atoms with van der Waals surface area (Å²) >= 11 is 1.86. The molecule has 6 aromatic rings. The molecule has 5 aromatic carbocycles. The van der Waals surface area contributed by atoms with Gasteiger partial charge in [-0.1, -0.05) is 158 Å². The van der Waals surface area contributed by atoms with Gasteiger partial charge in [0.15, 0.2) is 5.84 Å². The van der Waals surface area contributed by atoms with Crippen LogP contribution in [-0.4, -0.2) is 11.5 Å². The molecule has 53 heavy (non-hydrogen) atoms. The molecule has 0 N–H and O–H groups in total. The first-order valence-corrected chi connectivity index (χ1v) is 19.4. The molecule has 0 saturated heterocycles. The largest absolute Gasteiger partial charge is 0.232 e. The van der Waals surface area contributed by atoms with E-state index in [1.54, 1.807) is 0 Å². The Hall–Kier alpha value is -5.90. The Morgan fingerprint density at radius 2 is 1.51 bits per heavy atom. The van der Waals surface area contributed by atoms with Gasteiger partial charge in [-0.25, -0.2) is 9.98 Å². The molecule has 2 heterocycles. The standard InChI is InChI=1S/C50H40N2S/c1-34-31-45(40-19-10-4-11-20-40)51-50(52-49(34)41-21-12-5-13-22-41)43-23-14-24-46-48(43)42-30-25-35(33-47(42)53-46)32-44(38-17-8-3-9-18-38)39-28-26-37(27-29-39)36-15-6-2-7-16-36/h2-4,6-12,14-19,21-31,33,40,44H,1,5,13,20,32H2. The number of hydrogen-bond acceptors (Lipinski definition) is 3. The summed E-state index contributed by atoms with van der Waals surface area (Å²) in [6.07, 6.45) is 21.5. The highest BCUT2D eigenvalue weighted by atomic mass is 32.1. The fourth-order valence-corrected chi connectivity index (χ4v) is 9.02. The molecule has 2 nitrogen and oxygen atoms in total. The van der Waals surface area contributed by atoms with Crippen molar-refractivity contribution in [3.8, 4) is 11.1 Å². The maximum absolute atomic E-state index is 5.35. The van der Waals surface area contributed by atoms with Gasteiger partial charge in [-0.05, 0) is 82.9 Å². The first-order valence-electron chi connectivity index (χ1n) is 18.6. The van der Waals surface area contributed by atoms with E-state index in [4.69, 9.17) is 9.98 Å². The maximum atomic E-state index is 5.35. The van der Waals surface area contributed by atoms with E-state index >= 15 is 0 Å². The van der Waals surface area contributed by atoms with Crippen molar-refractivity contribution in [1.29, 1.82) is 0 Å². The fraction of sp³-hybridized carbons (Fsp3) is 0.120. The smallest absolute Gasteiger partial charge is 0.160 e. The van der Waals surface area contributed by atoms with Gasteiger partial charge >= 0.3 is 0 Å². The Morgan fingerprint density at radius 1 is 0.717 bits per heavy atom. The highest BCUT2D eigenvalue weighted by Crippen LogP contribution is 2.39. The summed E-state index contributed by atoms with van der Waals surface area (Å²) in [5, 5.41) is 2.47. The molecule has 0 spiro atoms. The second kappa shape index (κ2) is 14.6. The number of nitrogens with zero attached hydrogens (tertiary/aromatic N) is 2. The molecule has 1 aliphatic heterocycles. The van der Waals surface area contributed by atoms with Crippen molar-refractivity contribution in [2.24, 2.45) is 15.9 Å². The number of hydrogen-bond donors (Lipinski definition) is 0. The lowest BCUT2D eigenvalue weighted by Crippen LogP contribution is -2.08. The monoisotopic (exact) mass is 700 g/mol. The van der Waals surface area contributed by atoms with Crippen LogP contribution in [0.25, 0.3) is 31.3 Å². The summed E-state index contributed by atoms with van der Waals surface area (Å²) in [4.78, 5) is 10.7. The average Bonchev–Trinajstić information content (AvgIpc) is 3.51. The number of benzene rings is 5. The van der Waals surface area contributed by atoms with E-state index in [-0.39, 0.29) is 11.8 Å². The molecule has 3 heteroatoms. The van der Waals surface area contributed by atoms with E-state index < -0.39 is 0 Å². The third-order valence-electron chi connectivity index (χ3n) is 10.6. The number of aliphatic imine (C=N–C) groups is 2. The summed E-state index contributed by atoms with van der Waals surface area (Å²) in [5.41, 5.74) is 11.5. The zero-order valence-corrected chi connectivity index (χ0v) is 30.5. The van der Waals surface area contributed by atoms with Crippen molar-refractivity contribution in [3.05, 3.63) is 216 Å². The Bertz CT molecular complexity index is 2560. The van der Waals surface area contributed by atoms with Crippen LogP contribution < -0.4 is 0 Å². The van der Waals surface area contributed by atoms with Crippen LogP contribution in [0.5, 0.6) is 0 Å². The normalized spacial score (nSPS) is 17.7. The van der Waals surface area contributed by atoms with Crippen molar-refractivity contribution in [2.45, 2.75) is 31.6 Å². The zero-order valence-electron chi connectivity index (χ0n) is 29.7. The zero-order chi connectivity index (χ0) is 35.6. The minimum absolute atomic E-state index is 0.185. The first-order chi connectivity index (χ1) is 26.2. The molecule has 3 aliphatic rings. The summed E-state index contributed by atoms with van der Waals surface area (Å²) in [5.74, 6) is 1.18. The molecule has 0 saturated carbocycles. The van der Waals surface area contributed by atoms with Crippen molar-refractivity contribution in [3.63, 3.8) is 0 Å². The number of thiophene rings is 1. The molecular weight excluding hydrogens is 661 g/mol. The predicted molar refractivity (Wildman–Crippen MR) is 227 cm³/mol. The second-order valence-electron chi connectivity index (χ2n) is 14.1. The van der Waals surface area contributed by atoms with Gasteiger partial charge in [-0.2, -0.15) is 0 Å². The van der Waals surface area contributed by atoms with Crippen molar-refractivity contribution < 1.29 is 0 Å². The van der Waals surface area contributed by atoms with Crippen LogP contribution in [0.3, 0.4) is 0 Å². The lowest BCUT2D eigenvalue weighted by molar-refractivity contribution is 0.756. The van der Waals surface area contributed by atoms with Crippen LogP contribution in [0.4, 0.5) is 0 Å². The lowest BCUT2D eigenvalue weighted by Gasteiger charge is -2.19. The van der Waals surface area contributed by atoms with E-state index in [1.165, 1.54) is 48.0 Å². The summed E-state index contributed by atoms with van der Waals surface area (Å²) in [7, 11) is 0. The van der Waals surface area contributed by atoms with E-state index in [0.717, 1.165) is 59.6 Å². The van der Waals surface area contributed by atoms with Gasteiger partial charge in [0.2, 0.25) is 0 Å². The van der Waals surface area contributed by atoms with Gasteiger partial charge in [-0.3, -0.25) is 0 Å². The maximum Gasteiger partial charge on any atom is 0.160 e. The first kappa shape index (κ1) is 33.0. The van der Waals surface area contributed by atoms with Crippen LogP contribution in [0.2, 0.25) is 0 Å². The summed E-state index contributed by atoms with van der Waals surface area (Å²) in [6, 6.07) is 44.3. The number of rotatable bonds is 8. The molecule has 0 bridgehead atoms. The van der Waals surface area contributed by atoms with E-state index in [1.807, 2.05) is 11.3 Å². The quantitative estimate of drug-likeness (QED) is 0.151. The second-order valence-corrected chi connectivity index (χ2v) is 15.1. The number of amidine groups is 1. The summed E-state index contributed by atoms with van der Waals surface area (Å²) in [6.45, 7) is 4.51. The molecule has 2 atom stereocenters. The van der Waals surface area contributed by atoms with Crippen LogP contribution in [0, 0.1) is 5.92 Å². The van der Waals surface area contributed by atoms with Gasteiger partial charge in [0.25, 0.3) is 0 Å². The van der Waals surface area contributed by atoms with E-state index in [2.05, 4.69) is 177 Å². The Kier molecular flexibility index (Phi) is 9.09. The molecule has 2 unspecified atom stereocenters. The molecule has 1 aromatic heterocycles. The van der Waals surface area contributed by atoms with Crippen molar-refractivity contribution in [1.82, 2.24) is 0 Å². The average molecular weight is 701 g/mol. The molecule has 9 rings (SSSR count).